The van der Waals surface area contributed by atoms with Crippen LogP contribution in [0.1, 0.15) is 28.3 Å². The number of hydrogen-bond donors (Lipinski definition) is 2. The van der Waals surface area contributed by atoms with Gasteiger partial charge in [0.15, 0.2) is 0 Å². The van der Waals surface area contributed by atoms with Crippen LogP contribution in [0.5, 0.6) is 5.75 Å². The molecule has 3 aromatic carbocycles. The Kier molecular flexibility index (Phi) is 5.99. The number of hydrogen-bond acceptors (Lipinski definition) is 4. The fourth-order valence-electron chi connectivity index (χ4n) is 3.87. The Bertz CT molecular complexity index is 1330. The molecule has 1 unspecified atom stereocenters. The summed E-state index contributed by atoms with van der Waals surface area (Å²) < 4.78 is 39.9. The topological polar surface area (TPSA) is 77.8 Å². The normalized spacial score (nSPS) is 17.9. The average molecular weight is 532 g/mol. The first-order valence-electron chi connectivity index (χ1n) is 10.0. The number of Topliss-reactive ketones (excluding diaryl/α,β-unsaturated/α-hetero) is 1. The highest BCUT2D eigenvalue weighted by molar-refractivity contribution is 9.10. The van der Waals surface area contributed by atoms with E-state index in [9.17, 15) is 33.0 Å². The van der Waals surface area contributed by atoms with Crippen LogP contribution in [0.15, 0.2) is 76.8 Å². The zero-order valence-corrected chi connectivity index (χ0v) is 19.2. The van der Waals surface area contributed by atoms with E-state index >= 15 is 0 Å². The van der Waals surface area contributed by atoms with Gasteiger partial charge < -0.3 is 10.2 Å². The summed E-state index contributed by atoms with van der Waals surface area (Å²) in [5.41, 5.74) is 0.249. The lowest BCUT2D eigenvalue weighted by Gasteiger charge is -2.26. The number of phenols is 1. The van der Waals surface area contributed by atoms with Crippen LogP contribution in [0.3, 0.4) is 0 Å². The van der Waals surface area contributed by atoms with Gasteiger partial charge in [0.1, 0.15) is 11.5 Å². The highest BCUT2D eigenvalue weighted by Gasteiger charge is 2.47. The van der Waals surface area contributed by atoms with Gasteiger partial charge in [-0.2, -0.15) is 13.2 Å². The molecule has 0 saturated carbocycles. The van der Waals surface area contributed by atoms with Crippen molar-refractivity contribution in [3.8, 4) is 5.75 Å². The van der Waals surface area contributed by atoms with Gasteiger partial charge in [0, 0.05) is 15.7 Å². The molecule has 1 amide bonds. The number of phenolic OH excluding ortho intramolecular Hbond substituents is 1. The van der Waals surface area contributed by atoms with Gasteiger partial charge in [-0.15, -0.1) is 0 Å². The predicted octanol–water partition coefficient (Wildman–Crippen LogP) is 6.11. The van der Waals surface area contributed by atoms with Crippen molar-refractivity contribution in [3.05, 3.63) is 99.0 Å². The number of nitrogens with zero attached hydrogens (tertiary/aromatic N) is 1. The zero-order valence-electron chi connectivity index (χ0n) is 17.6. The van der Waals surface area contributed by atoms with Gasteiger partial charge in [-0.05, 0) is 66.6 Å². The van der Waals surface area contributed by atoms with Gasteiger partial charge >= 0.3 is 6.18 Å². The Morgan fingerprint density at radius 3 is 2.26 bits per heavy atom. The van der Waals surface area contributed by atoms with E-state index in [1.54, 1.807) is 31.2 Å². The first-order chi connectivity index (χ1) is 16.0. The van der Waals surface area contributed by atoms with Crippen LogP contribution in [0.2, 0.25) is 0 Å². The summed E-state index contributed by atoms with van der Waals surface area (Å²) in [5.74, 6) is -2.58. The lowest BCUT2D eigenvalue weighted by atomic mass is 9.94. The summed E-state index contributed by atoms with van der Waals surface area (Å²) in [6, 6.07) is 13.3. The third-order valence-electron chi connectivity index (χ3n) is 5.53. The first kappa shape index (κ1) is 23.6. The van der Waals surface area contributed by atoms with Crippen molar-refractivity contribution in [3.63, 3.8) is 0 Å². The molecule has 3 aromatic rings. The number of carbonyl (C=O) groups is 2. The molecule has 4 rings (SSSR count). The zero-order chi connectivity index (χ0) is 24.8. The molecule has 0 bridgehead atoms. The molecular formula is C25H17BrF3NO4. The van der Waals surface area contributed by atoms with E-state index in [-0.39, 0.29) is 22.6 Å². The third-order valence-corrected chi connectivity index (χ3v) is 6.42. The second-order valence-electron chi connectivity index (χ2n) is 7.77. The molecule has 1 fully saturated rings. The van der Waals surface area contributed by atoms with Gasteiger partial charge in [0.25, 0.3) is 11.7 Å². The van der Waals surface area contributed by atoms with Crippen LogP contribution < -0.4 is 4.90 Å². The summed E-state index contributed by atoms with van der Waals surface area (Å²) in [6.07, 6.45) is -4.57. The highest BCUT2D eigenvalue weighted by Crippen LogP contribution is 2.43. The Hall–Kier alpha value is -3.59. The van der Waals surface area contributed by atoms with E-state index in [4.69, 9.17) is 0 Å². The molecule has 0 spiro atoms. The van der Waals surface area contributed by atoms with Crippen molar-refractivity contribution < 1.29 is 33.0 Å². The standard InChI is InChI=1S/C25H17BrF3NO4/c1-13-11-15(5-10-19(13)26)22(32)20-21(14-3-2-4-18(31)12-14)30(24(34)23(20)33)17-8-6-16(7-9-17)25(27,28)29/h2-12,21,31-32H,1H3/b22-20-. The molecule has 1 atom stereocenters. The predicted molar refractivity (Wildman–Crippen MR) is 123 cm³/mol. The van der Waals surface area contributed by atoms with Crippen molar-refractivity contribution in [2.75, 3.05) is 4.90 Å². The molecule has 174 valence electrons. The molecule has 1 heterocycles. The number of ketones is 1. The third kappa shape index (κ3) is 4.19. The number of halogens is 4. The fourth-order valence-corrected chi connectivity index (χ4v) is 4.11. The van der Waals surface area contributed by atoms with Crippen molar-refractivity contribution in [2.24, 2.45) is 0 Å². The van der Waals surface area contributed by atoms with E-state index in [2.05, 4.69) is 15.9 Å². The van der Waals surface area contributed by atoms with Crippen LogP contribution in [0.4, 0.5) is 18.9 Å². The first-order valence-corrected chi connectivity index (χ1v) is 10.8. The number of aromatic hydroxyl groups is 1. The smallest absolute Gasteiger partial charge is 0.416 e. The summed E-state index contributed by atoms with van der Waals surface area (Å²) >= 11 is 3.36. The van der Waals surface area contributed by atoms with Crippen LogP contribution >= 0.6 is 15.9 Å². The Balaban J connectivity index is 1.92. The average Bonchev–Trinajstić information content (AvgIpc) is 3.05. The minimum atomic E-state index is -4.57. The van der Waals surface area contributed by atoms with E-state index in [1.165, 1.54) is 18.2 Å². The molecule has 0 aliphatic carbocycles. The van der Waals surface area contributed by atoms with Crippen LogP contribution in [-0.4, -0.2) is 21.9 Å². The molecule has 9 heteroatoms. The van der Waals surface area contributed by atoms with Crippen molar-refractivity contribution in [2.45, 2.75) is 19.1 Å². The number of alkyl halides is 3. The molecule has 5 nitrogen and oxygen atoms in total. The summed E-state index contributed by atoms with van der Waals surface area (Å²) in [5, 5.41) is 21.1. The van der Waals surface area contributed by atoms with Gasteiger partial charge in [-0.3, -0.25) is 14.5 Å². The summed E-state index contributed by atoms with van der Waals surface area (Å²) in [4.78, 5) is 27.2. The maximum absolute atomic E-state index is 13.1. The summed E-state index contributed by atoms with van der Waals surface area (Å²) in [7, 11) is 0. The van der Waals surface area contributed by atoms with Gasteiger partial charge in [-0.25, -0.2) is 0 Å². The maximum Gasteiger partial charge on any atom is 0.416 e. The van der Waals surface area contributed by atoms with E-state index < -0.39 is 35.2 Å². The van der Waals surface area contributed by atoms with Crippen molar-refractivity contribution in [1.29, 1.82) is 0 Å². The monoisotopic (exact) mass is 531 g/mol. The number of aliphatic hydroxyl groups is 1. The largest absolute Gasteiger partial charge is 0.508 e. The summed E-state index contributed by atoms with van der Waals surface area (Å²) in [6.45, 7) is 1.79. The SMILES string of the molecule is Cc1cc(/C(O)=C2/C(=O)C(=O)N(c3ccc(C(F)(F)F)cc3)C2c2cccc(O)c2)ccc1Br. The number of amides is 1. The minimum Gasteiger partial charge on any atom is -0.508 e. The Labute approximate surface area is 200 Å². The fraction of sp³-hybridized carbons (Fsp3) is 0.120. The van der Waals surface area contributed by atoms with Crippen molar-refractivity contribution >= 4 is 39.1 Å². The van der Waals surface area contributed by atoms with Crippen LogP contribution in [0.25, 0.3) is 5.76 Å². The van der Waals surface area contributed by atoms with Gasteiger partial charge in [0.05, 0.1) is 17.2 Å². The second kappa shape index (κ2) is 8.64. The number of carbonyl (C=O) groups excluding carboxylic acids is 2. The number of aliphatic hydroxyl groups excluding tert-OH is 1. The highest BCUT2D eigenvalue weighted by atomic mass is 79.9. The quantitative estimate of drug-likeness (QED) is 0.243. The lowest BCUT2D eigenvalue weighted by molar-refractivity contribution is -0.137. The number of anilines is 1. The molecule has 1 saturated heterocycles. The van der Waals surface area contributed by atoms with Crippen LogP contribution in [-0.2, 0) is 15.8 Å². The lowest BCUT2D eigenvalue weighted by Crippen LogP contribution is -2.29. The minimum absolute atomic E-state index is 0.0366. The number of aryl methyl sites for hydroxylation is 1. The van der Waals surface area contributed by atoms with Crippen LogP contribution in [0, 0.1) is 6.92 Å². The maximum atomic E-state index is 13.1. The molecule has 0 aromatic heterocycles. The Morgan fingerprint density at radius 1 is 1.00 bits per heavy atom. The van der Waals surface area contributed by atoms with Gasteiger partial charge in [0.2, 0.25) is 0 Å². The number of rotatable bonds is 3. The molecule has 2 N–H and O–H groups in total. The van der Waals surface area contributed by atoms with E-state index in [0.717, 1.165) is 39.2 Å². The molecule has 34 heavy (non-hydrogen) atoms. The number of benzene rings is 3. The Morgan fingerprint density at radius 2 is 1.68 bits per heavy atom. The second-order valence-corrected chi connectivity index (χ2v) is 8.63. The molecule has 1 aliphatic heterocycles. The van der Waals surface area contributed by atoms with Crippen molar-refractivity contribution in [1.82, 2.24) is 0 Å². The molecule has 1 aliphatic rings. The molecule has 0 radical (unpaired) electrons. The molecular weight excluding hydrogens is 515 g/mol. The van der Waals surface area contributed by atoms with Gasteiger partial charge in [-0.1, -0.05) is 34.1 Å². The van der Waals surface area contributed by atoms with E-state index in [0.29, 0.717) is 5.56 Å². The van der Waals surface area contributed by atoms with E-state index in [1.807, 2.05) is 0 Å².